The Hall–Kier alpha value is -1.43. The molecule has 0 spiro atoms. The second kappa shape index (κ2) is 8.75. The smallest absolute Gasteiger partial charge is 0.404 e. The Morgan fingerprint density at radius 2 is 1.72 bits per heavy atom. The average Bonchev–Trinajstić information content (AvgIpc) is 2.66. The number of thioether (sulfide) groups is 1. The fourth-order valence-corrected chi connectivity index (χ4v) is 5.58. The van der Waals surface area contributed by atoms with E-state index >= 15 is 0 Å². The lowest BCUT2D eigenvalue weighted by atomic mass is 10.2. The van der Waals surface area contributed by atoms with Gasteiger partial charge in [-0.05, 0) is 36.6 Å². The fourth-order valence-electron chi connectivity index (χ4n) is 3.10. The van der Waals surface area contributed by atoms with Gasteiger partial charge in [-0.2, -0.15) is 4.31 Å². The largest absolute Gasteiger partial charge is 0.573 e. The van der Waals surface area contributed by atoms with Crippen LogP contribution >= 0.6 is 27.7 Å². The van der Waals surface area contributed by atoms with Crippen LogP contribution in [0.1, 0.15) is 0 Å². The van der Waals surface area contributed by atoms with E-state index in [4.69, 9.17) is 0 Å². The first-order valence-electron chi connectivity index (χ1n) is 8.55. The molecule has 0 aliphatic carbocycles. The molecule has 0 bridgehead atoms. The molecule has 3 rings (SSSR count). The Balaban J connectivity index is 1.82. The maximum Gasteiger partial charge on any atom is 0.573 e. The molecule has 1 aliphatic rings. The molecule has 0 unspecified atom stereocenters. The standard InChI is InChI=1S/C18H18BrF3N2O3S2/c1-28-16-5-3-2-4-14(16)23-8-10-24(11-9-23)29(25,26)17-7-6-13(19)12-15(17)27-18(20,21)22/h2-7,12H,8-11H2,1H3. The molecule has 5 nitrogen and oxygen atoms in total. The minimum Gasteiger partial charge on any atom is -0.404 e. The van der Waals surface area contributed by atoms with Crippen molar-refractivity contribution in [1.29, 1.82) is 0 Å². The molecule has 0 radical (unpaired) electrons. The second-order valence-corrected chi connectivity index (χ2v) is 9.87. The quantitative estimate of drug-likeness (QED) is 0.551. The van der Waals surface area contributed by atoms with Gasteiger partial charge in [0.1, 0.15) is 4.90 Å². The molecule has 0 saturated carbocycles. The maximum atomic E-state index is 13.0. The van der Waals surface area contributed by atoms with Gasteiger partial charge in [0.2, 0.25) is 10.0 Å². The van der Waals surface area contributed by atoms with Crippen LogP contribution in [0, 0.1) is 0 Å². The van der Waals surface area contributed by atoms with E-state index in [1.165, 1.54) is 10.4 Å². The summed E-state index contributed by atoms with van der Waals surface area (Å²) >= 11 is 4.65. The molecule has 1 heterocycles. The first-order chi connectivity index (χ1) is 13.6. The summed E-state index contributed by atoms with van der Waals surface area (Å²) in [6.07, 6.45) is -3.03. The second-order valence-electron chi connectivity index (χ2n) is 6.20. The lowest BCUT2D eigenvalue weighted by molar-refractivity contribution is -0.275. The molecule has 0 N–H and O–H groups in total. The van der Waals surface area contributed by atoms with Crippen LogP contribution in [0.15, 0.2) is 56.7 Å². The van der Waals surface area contributed by atoms with Crippen LogP contribution in [0.2, 0.25) is 0 Å². The van der Waals surface area contributed by atoms with E-state index in [9.17, 15) is 21.6 Å². The lowest BCUT2D eigenvalue weighted by Crippen LogP contribution is -2.48. The van der Waals surface area contributed by atoms with E-state index in [1.54, 1.807) is 11.8 Å². The maximum absolute atomic E-state index is 13.0. The number of nitrogens with zero attached hydrogens (tertiary/aromatic N) is 2. The number of ether oxygens (including phenoxy) is 1. The third kappa shape index (κ3) is 5.19. The van der Waals surface area contributed by atoms with Gasteiger partial charge in [-0.25, -0.2) is 8.42 Å². The molecular formula is C18H18BrF3N2O3S2. The molecule has 1 saturated heterocycles. The van der Waals surface area contributed by atoms with E-state index in [0.29, 0.717) is 13.1 Å². The number of rotatable bonds is 5. The van der Waals surface area contributed by atoms with Gasteiger partial charge in [-0.15, -0.1) is 24.9 Å². The van der Waals surface area contributed by atoms with Gasteiger partial charge < -0.3 is 9.64 Å². The fraction of sp³-hybridized carbons (Fsp3) is 0.333. The highest BCUT2D eigenvalue weighted by Gasteiger charge is 2.36. The summed E-state index contributed by atoms with van der Waals surface area (Å²) in [6.45, 7) is 1.19. The summed E-state index contributed by atoms with van der Waals surface area (Å²) in [5.41, 5.74) is 1.02. The summed E-state index contributed by atoms with van der Waals surface area (Å²) < 4.78 is 69.7. The van der Waals surface area contributed by atoms with Crippen LogP contribution in [0.5, 0.6) is 5.75 Å². The van der Waals surface area contributed by atoms with E-state index < -0.39 is 27.0 Å². The van der Waals surface area contributed by atoms with Crippen molar-refractivity contribution < 1.29 is 26.3 Å². The number of piperazine rings is 1. The predicted octanol–water partition coefficient (Wildman–Crippen LogP) is 4.58. The van der Waals surface area contributed by atoms with Crippen molar-refractivity contribution in [3.8, 4) is 5.75 Å². The van der Waals surface area contributed by atoms with Gasteiger partial charge in [0.15, 0.2) is 5.75 Å². The zero-order valence-corrected chi connectivity index (χ0v) is 18.5. The van der Waals surface area contributed by atoms with Crippen LogP contribution in [0.3, 0.4) is 0 Å². The highest BCUT2D eigenvalue weighted by molar-refractivity contribution is 9.10. The van der Waals surface area contributed by atoms with Gasteiger partial charge in [-0.1, -0.05) is 28.1 Å². The number of benzene rings is 2. The molecule has 29 heavy (non-hydrogen) atoms. The molecule has 0 atom stereocenters. The first-order valence-corrected chi connectivity index (χ1v) is 12.0. The van der Waals surface area contributed by atoms with E-state index in [-0.39, 0.29) is 17.6 Å². The van der Waals surface area contributed by atoms with Gasteiger partial charge in [-0.3, -0.25) is 0 Å². The van der Waals surface area contributed by atoms with Crippen molar-refractivity contribution >= 4 is 43.4 Å². The van der Waals surface area contributed by atoms with Gasteiger partial charge in [0, 0.05) is 35.5 Å². The van der Waals surface area contributed by atoms with Crippen molar-refractivity contribution in [3.63, 3.8) is 0 Å². The predicted molar refractivity (Wildman–Crippen MR) is 110 cm³/mol. The van der Waals surface area contributed by atoms with Crippen LogP contribution in [-0.2, 0) is 10.0 Å². The molecule has 1 fully saturated rings. The molecule has 2 aromatic carbocycles. The number of para-hydroxylation sites is 1. The van der Waals surface area contributed by atoms with Crippen molar-refractivity contribution in [1.82, 2.24) is 4.31 Å². The van der Waals surface area contributed by atoms with Crippen LogP contribution in [-0.4, -0.2) is 51.5 Å². The molecule has 2 aromatic rings. The molecule has 0 amide bonds. The summed E-state index contributed by atoms with van der Waals surface area (Å²) in [4.78, 5) is 2.65. The Morgan fingerprint density at radius 1 is 1.07 bits per heavy atom. The number of alkyl halides is 3. The summed E-state index contributed by atoms with van der Waals surface area (Å²) in [5, 5.41) is 0. The van der Waals surface area contributed by atoms with Crippen LogP contribution < -0.4 is 9.64 Å². The van der Waals surface area contributed by atoms with Gasteiger partial charge in [0.05, 0.1) is 5.69 Å². The normalized spacial score (nSPS) is 16.1. The molecule has 11 heteroatoms. The van der Waals surface area contributed by atoms with Gasteiger partial charge >= 0.3 is 6.36 Å². The molecule has 0 aromatic heterocycles. The van der Waals surface area contributed by atoms with Crippen LogP contribution in [0.25, 0.3) is 0 Å². The van der Waals surface area contributed by atoms with Crippen molar-refractivity contribution in [3.05, 3.63) is 46.9 Å². The number of anilines is 1. The molecular weight excluding hydrogens is 493 g/mol. The zero-order chi connectivity index (χ0) is 21.2. The van der Waals surface area contributed by atoms with Crippen molar-refractivity contribution in [2.24, 2.45) is 0 Å². The SMILES string of the molecule is CSc1ccccc1N1CCN(S(=O)(=O)c2ccc(Br)cc2OC(F)(F)F)CC1. The summed E-state index contributed by atoms with van der Waals surface area (Å²) in [6, 6.07) is 11.3. The zero-order valence-electron chi connectivity index (χ0n) is 15.3. The number of halogens is 4. The monoisotopic (exact) mass is 510 g/mol. The number of sulfonamides is 1. The van der Waals surface area contributed by atoms with Crippen molar-refractivity contribution in [2.75, 3.05) is 37.3 Å². The average molecular weight is 511 g/mol. The third-order valence-corrected chi connectivity index (χ3v) is 7.63. The Labute approximate surface area is 180 Å². The van der Waals surface area contributed by atoms with E-state index in [0.717, 1.165) is 22.7 Å². The van der Waals surface area contributed by atoms with E-state index in [2.05, 4.69) is 25.6 Å². The number of hydrogen-bond donors (Lipinski definition) is 0. The minimum atomic E-state index is -4.99. The van der Waals surface area contributed by atoms with E-state index in [1.807, 2.05) is 30.5 Å². The first kappa shape index (κ1) is 22.3. The van der Waals surface area contributed by atoms with Crippen molar-refractivity contribution in [2.45, 2.75) is 16.2 Å². The Bertz CT molecular complexity index is 979. The highest BCUT2D eigenvalue weighted by Crippen LogP contribution is 2.35. The molecule has 158 valence electrons. The Kier molecular flexibility index (Phi) is 6.71. The minimum absolute atomic E-state index is 0.159. The number of hydrogen-bond acceptors (Lipinski definition) is 5. The third-order valence-electron chi connectivity index (χ3n) is 4.41. The highest BCUT2D eigenvalue weighted by atomic mass is 79.9. The topological polar surface area (TPSA) is 49.9 Å². The molecule has 1 aliphatic heterocycles. The van der Waals surface area contributed by atoms with Gasteiger partial charge in [0.25, 0.3) is 0 Å². The summed E-state index contributed by atoms with van der Waals surface area (Å²) in [7, 11) is -4.15. The van der Waals surface area contributed by atoms with Crippen LogP contribution in [0.4, 0.5) is 18.9 Å². The lowest BCUT2D eigenvalue weighted by Gasteiger charge is -2.36. The Morgan fingerprint density at radius 3 is 2.34 bits per heavy atom. The summed E-state index contributed by atoms with van der Waals surface area (Å²) in [5.74, 6) is -0.748.